The summed E-state index contributed by atoms with van der Waals surface area (Å²) >= 11 is 0. The molecule has 16 heavy (non-hydrogen) atoms. The number of aryl methyl sites for hydroxylation is 2. The van der Waals surface area contributed by atoms with Gasteiger partial charge in [-0.3, -0.25) is 0 Å². The Hall–Kier alpha value is -1.61. The lowest BCUT2D eigenvalue weighted by Gasteiger charge is -2.05. The smallest absolute Gasteiger partial charge is 0.110 e. The van der Waals surface area contributed by atoms with Crippen molar-refractivity contribution in [2.45, 2.75) is 26.8 Å². The molecule has 3 heteroatoms. The fraction of sp³-hybridized carbons (Fsp3) is 0.308. The van der Waals surface area contributed by atoms with Crippen molar-refractivity contribution < 1.29 is 0 Å². The van der Waals surface area contributed by atoms with Crippen LogP contribution in [0.4, 0.5) is 0 Å². The molecule has 0 amide bonds. The van der Waals surface area contributed by atoms with Gasteiger partial charge in [0.1, 0.15) is 5.82 Å². The van der Waals surface area contributed by atoms with E-state index in [4.69, 9.17) is 5.73 Å². The van der Waals surface area contributed by atoms with Gasteiger partial charge in [-0.15, -0.1) is 0 Å². The SMILES string of the molecule is Cc1ccc(C)c(Cc2ncc(CN)[nH]2)c1. The topological polar surface area (TPSA) is 54.7 Å². The number of nitrogens with zero attached hydrogens (tertiary/aromatic N) is 1. The number of nitrogens with one attached hydrogen (secondary N) is 1. The molecule has 3 nitrogen and oxygen atoms in total. The molecule has 0 spiro atoms. The van der Waals surface area contributed by atoms with Crippen molar-refractivity contribution in [1.82, 2.24) is 9.97 Å². The van der Waals surface area contributed by atoms with E-state index >= 15 is 0 Å². The summed E-state index contributed by atoms with van der Waals surface area (Å²) in [5, 5.41) is 0. The van der Waals surface area contributed by atoms with Gasteiger partial charge in [0.15, 0.2) is 0 Å². The summed E-state index contributed by atoms with van der Waals surface area (Å²) < 4.78 is 0. The maximum atomic E-state index is 5.54. The fourth-order valence-electron chi connectivity index (χ4n) is 1.77. The summed E-state index contributed by atoms with van der Waals surface area (Å²) in [6.07, 6.45) is 2.65. The second-order valence-electron chi connectivity index (χ2n) is 4.17. The molecule has 0 saturated heterocycles. The summed E-state index contributed by atoms with van der Waals surface area (Å²) in [6, 6.07) is 6.49. The van der Waals surface area contributed by atoms with E-state index < -0.39 is 0 Å². The van der Waals surface area contributed by atoms with Crippen LogP contribution in [-0.4, -0.2) is 9.97 Å². The van der Waals surface area contributed by atoms with Gasteiger partial charge in [-0.25, -0.2) is 4.98 Å². The van der Waals surface area contributed by atoms with Crippen molar-refractivity contribution in [3.05, 3.63) is 52.6 Å². The molecule has 0 bridgehead atoms. The van der Waals surface area contributed by atoms with Crippen LogP contribution in [-0.2, 0) is 13.0 Å². The normalized spacial score (nSPS) is 10.7. The van der Waals surface area contributed by atoms with Crippen LogP contribution in [0.5, 0.6) is 0 Å². The van der Waals surface area contributed by atoms with Gasteiger partial charge in [0, 0.05) is 24.9 Å². The van der Waals surface area contributed by atoms with Gasteiger partial charge in [-0.2, -0.15) is 0 Å². The molecule has 3 N–H and O–H groups in total. The lowest BCUT2D eigenvalue weighted by molar-refractivity contribution is 0.962. The van der Waals surface area contributed by atoms with Crippen molar-refractivity contribution in [2.24, 2.45) is 5.73 Å². The zero-order chi connectivity index (χ0) is 11.5. The highest BCUT2D eigenvalue weighted by molar-refractivity contribution is 5.32. The second-order valence-corrected chi connectivity index (χ2v) is 4.17. The van der Waals surface area contributed by atoms with Gasteiger partial charge in [0.05, 0.1) is 0 Å². The number of H-pyrrole nitrogens is 1. The summed E-state index contributed by atoms with van der Waals surface area (Å²) in [5.74, 6) is 0.981. The first-order valence-electron chi connectivity index (χ1n) is 5.48. The predicted molar refractivity (Wildman–Crippen MR) is 65.2 cm³/mol. The number of benzene rings is 1. The quantitative estimate of drug-likeness (QED) is 0.823. The standard InChI is InChI=1S/C13H17N3/c1-9-3-4-10(2)11(5-9)6-13-15-8-12(7-14)16-13/h3-5,8H,6-7,14H2,1-2H3,(H,15,16). The Labute approximate surface area is 95.7 Å². The first-order valence-corrected chi connectivity index (χ1v) is 5.48. The van der Waals surface area contributed by atoms with Crippen LogP contribution < -0.4 is 5.73 Å². The van der Waals surface area contributed by atoms with Crippen LogP contribution in [0.15, 0.2) is 24.4 Å². The Bertz CT molecular complexity index is 486. The van der Waals surface area contributed by atoms with Crippen molar-refractivity contribution in [2.75, 3.05) is 0 Å². The summed E-state index contributed by atoms with van der Waals surface area (Å²) in [5.41, 5.74) is 10.4. The number of nitrogens with two attached hydrogens (primary N) is 1. The lowest BCUT2D eigenvalue weighted by Crippen LogP contribution is -1.98. The third-order valence-corrected chi connectivity index (χ3v) is 2.76. The van der Waals surface area contributed by atoms with Crippen molar-refractivity contribution in [3.63, 3.8) is 0 Å². The number of hydrogen-bond donors (Lipinski definition) is 2. The molecular weight excluding hydrogens is 198 g/mol. The minimum Gasteiger partial charge on any atom is -0.345 e. The molecule has 84 valence electrons. The average molecular weight is 215 g/mol. The van der Waals surface area contributed by atoms with E-state index in [0.29, 0.717) is 6.54 Å². The first kappa shape index (κ1) is 10.9. The molecule has 0 atom stereocenters. The van der Waals surface area contributed by atoms with E-state index in [0.717, 1.165) is 17.9 Å². The molecule has 2 rings (SSSR count). The molecule has 1 aromatic heterocycles. The van der Waals surface area contributed by atoms with E-state index in [1.807, 2.05) is 0 Å². The largest absolute Gasteiger partial charge is 0.345 e. The highest BCUT2D eigenvalue weighted by Gasteiger charge is 2.04. The van der Waals surface area contributed by atoms with Crippen LogP contribution in [0, 0.1) is 13.8 Å². The maximum absolute atomic E-state index is 5.54. The van der Waals surface area contributed by atoms with Gasteiger partial charge in [0.25, 0.3) is 0 Å². The predicted octanol–water partition coefficient (Wildman–Crippen LogP) is 2.08. The van der Waals surface area contributed by atoms with Crippen LogP contribution in [0.25, 0.3) is 0 Å². The summed E-state index contributed by atoms with van der Waals surface area (Å²) in [7, 11) is 0. The van der Waals surface area contributed by atoms with Gasteiger partial charge >= 0.3 is 0 Å². The minimum atomic E-state index is 0.514. The zero-order valence-corrected chi connectivity index (χ0v) is 9.75. The number of aromatic amines is 1. The third kappa shape index (κ3) is 2.31. The molecule has 0 aliphatic heterocycles. The van der Waals surface area contributed by atoms with Gasteiger partial charge in [0.2, 0.25) is 0 Å². The molecule has 0 saturated carbocycles. The Morgan fingerprint density at radius 2 is 2.12 bits per heavy atom. The number of imidazole rings is 1. The molecule has 0 fully saturated rings. The minimum absolute atomic E-state index is 0.514. The lowest BCUT2D eigenvalue weighted by atomic mass is 10.0. The third-order valence-electron chi connectivity index (χ3n) is 2.76. The number of hydrogen-bond acceptors (Lipinski definition) is 2. The zero-order valence-electron chi connectivity index (χ0n) is 9.75. The van der Waals surface area contributed by atoms with Crippen LogP contribution in [0.1, 0.15) is 28.2 Å². The number of aromatic nitrogens is 2. The van der Waals surface area contributed by atoms with Crippen LogP contribution in [0.3, 0.4) is 0 Å². The molecule has 1 heterocycles. The van der Waals surface area contributed by atoms with Crippen LogP contribution >= 0.6 is 0 Å². The van der Waals surface area contributed by atoms with Gasteiger partial charge in [-0.1, -0.05) is 23.8 Å². The molecule has 0 radical (unpaired) electrons. The Kier molecular flexibility index (Phi) is 3.06. The van der Waals surface area contributed by atoms with Gasteiger partial charge < -0.3 is 10.7 Å². The molecular formula is C13H17N3. The van der Waals surface area contributed by atoms with Crippen molar-refractivity contribution >= 4 is 0 Å². The summed E-state index contributed by atoms with van der Waals surface area (Å²) in [4.78, 5) is 7.54. The van der Waals surface area contributed by atoms with Crippen molar-refractivity contribution in [1.29, 1.82) is 0 Å². The molecule has 0 aliphatic rings. The maximum Gasteiger partial charge on any atom is 0.110 e. The first-order chi connectivity index (χ1) is 7.69. The molecule has 2 aromatic rings. The summed E-state index contributed by atoms with van der Waals surface area (Å²) in [6.45, 7) is 4.75. The fourth-order valence-corrected chi connectivity index (χ4v) is 1.77. The molecule has 0 aliphatic carbocycles. The van der Waals surface area contributed by atoms with E-state index in [9.17, 15) is 0 Å². The van der Waals surface area contributed by atoms with E-state index in [1.54, 1.807) is 6.20 Å². The van der Waals surface area contributed by atoms with Gasteiger partial charge in [-0.05, 0) is 25.0 Å². The van der Waals surface area contributed by atoms with Crippen molar-refractivity contribution in [3.8, 4) is 0 Å². The van der Waals surface area contributed by atoms with E-state index in [1.165, 1.54) is 16.7 Å². The van der Waals surface area contributed by atoms with E-state index in [2.05, 4.69) is 42.0 Å². The Balaban J connectivity index is 2.22. The average Bonchev–Trinajstić information content (AvgIpc) is 2.71. The molecule has 1 aromatic carbocycles. The highest BCUT2D eigenvalue weighted by Crippen LogP contribution is 2.14. The molecule has 0 unspecified atom stereocenters. The number of rotatable bonds is 3. The monoisotopic (exact) mass is 215 g/mol. The van der Waals surface area contributed by atoms with Crippen LogP contribution in [0.2, 0.25) is 0 Å². The Morgan fingerprint density at radius 1 is 1.31 bits per heavy atom. The Morgan fingerprint density at radius 3 is 2.81 bits per heavy atom. The van der Waals surface area contributed by atoms with E-state index in [-0.39, 0.29) is 0 Å². The highest BCUT2D eigenvalue weighted by atomic mass is 14.9. The second kappa shape index (κ2) is 4.49.